The standard InChI is InChI=1S/C22H14BrClN2S/c23-18-10-6-15(7-11-18)14-25-22-26-20(16-8-12-19(24)13-9-16)21(27-22)17-4-2-1-3-5-17/h1-14H. The largest absolute Gasteiger partial charge is 0.227 e. The molecule has 0 aliphatic rings. The number of hydrogen-bond donors (Lipinski definition) is 0. The zero-order chi connectivity index (χ0) is 18.6. The quantitative estimate of drug-likeness (QED) is 0.291. The molecule has 0 spiro atoms. The zero-order valence-electron chi connectivity index (χ0n) is 14.1. The summed E-state index contributed by atoms with van der Waals surface area (Å²) in [6.07, 6.45) is 1.84. The minimum absolute atomic E-state index is 0.712. The molecule has 3 aromatic carbocycles. The number of hydrogen-bond acceptors (Lipinski definition) is 3. The van der Waals surface area contributed by atoms with E-state index >= 15 is 0 Å². The molecule has 0 fully saturated rings. The van der Waals surface area contributed by atoms with Crippen LogP contribution in [0.4, 0.5) is 5.13 Å². The Bertz CT molecular complexity index is 1070. The van der Waals surface area contributed by atoms with E-state index in [0.717, 1.165) is 36.9 Å². The molecule has 0 radical (unpaired) electrons. The average molecular weight is 454 g/mol. The lowest BCUT2D eigenvalue weighted by molar-refractivity contribution is 1.36. The number of rotatable bonds is 4. The van der Waals surface area contributed by atoms with Crippen LogP contribution in [-0.4, -0.2) is 11.2 Å². The summed E-state index contributed by atoms with van der Waals surface area (Å²) in [6, 6.07) is 26.0. The van der Waals surface area contributed by atoms with Crippen molar-refractivity contribution in [3.8, 4) is 21.7 Å². The van der Waals surface area contributed by atoms with Gasteiger partial charge in [-0.25, -0.2) is 9.98 Å². The molecule has 1 aromatic heterocycles. The maximum Gasteiger partial charge on any atom is 0.210 e. The molecule has 0 N–H and O–H groups in total. The fraction of sp³-hybridized carbons (Fsp3) is 0. The lowest BCUT2D eigenvalue weighted by Crippen LogP contribution is -1.82. The smallest absolute Gasteiger partial charge is 0.210 e. The van der Waals surface area contributed by atoms with Crippen molar-refractivity contribution in [3.05, 3.63) is 93.9 Å². The Labute approximate surface area is 175 Å². The normalized spacial score (nSPS) is 11.2. The summed E-state index contributed by atoms with van der Waals surface area (Å²) < 4.78 is 1.05. The van der Waals surface area contributed by atoms with Gasteiger partial charge in [0.1, 0.15) is 0 Å². The van der Waals surface area contributed by atoms with Gasteiger partial charge >= 0.3 is 0 Å². The zero-order valence-corrected chi connectivity index (χ0v) is 17.3. The molecule has 0 aliphatic heterocycles. The summed E-state index contributed by atoms with van der Waals surface area (Å²) in [5.41, 5.74) is 4.11. The molecule has 1 heterocycles. The molecule has 0 amide bonds. The second-order valence-corrected chi connectivity index (χ2v) is 8.19. The molecule has 4 rings (SSSR count). The van der Waals surface area contributed by atoms with Crippen molar-refractivity contribution in [2.75, 3.05) is 0 Å². The van der Waals surface area contributed by atoms with Gasteiger partial charge in [-0.15, -0.1) is 0 Å². The van der Waals surface area contributed by atoms with Crippen LogP contribution in [0.5, 0.6) is 0 Å². The topological polar surface area (TPSA) is 25.2 Å². The van der Waals surface area contributed by atoms with Crippen LogP contribution in [0.3, 0.4) is 0 Å². The van der Waals surface area contributed by atoms with Gasteiger partial charge in [-0.3, -0.25) is 0 Å². The SMILES string of the molecule is Clc1ccc(-c2nc(N=Cc3ccc(Br)cc3)sc2-c2ccccc2)cc1. The maximum absolute atomic E-state index is 6.05. The fourth-order valence-electron chi connectivity index (χ4n) is 2.63. The van der Waals surface area contributed by atoms with Crippen LogP contribution in [0.15, 0.2) is 88.3 Å². The van der Waals surface area contributed by atoms with E-state index in [1.165, 1.54) is 0 Å². The molecule has 0 bridgehead atoms. The van der Waals surface area contributed by atoms with Crippen molar-refractivity contribution in [3.63, 3.8) is 0 Å². The summed E-state index contributed by atoms with van der Waals surface area (Å²) in [5, 5.41) is 1.44. The van der Waals surface area contributed by atoms with Crippen molar-refractivity contribution in [1.82, 2.24) is 4.98 Å². The third kappa shape index (κ3) is 4.35. The summed E-state index contributed by atoms with van der Waals surface area (Å²) in [6.45, 7) is 0. The van der Waals surface area contributed by atoms with Crippen molar-refractivity contribution in [2.45, 2.75) is 0 Å². The van der Waals surface area contributed by atoms with E-state index in [2.05, 4.69) is 33.1 Å². The number of aromatic nitrogens is 1. The van der Waals surface area contributed by atoms with Crippen molar-refractivity contribution in [1.29, 1.82) is 0 Å². The van der Waals surface area contributed by atoms with Gasteiger partial charge in [0.15, 0.2) is 0 Å². The van der Waals surface area contributed by atoms with Crippen LogP contribution in [0, 0.1) is 0 Å². The van der Waals surface area contributed by atoms with Gasteiger partial charge in [0.2, 0.25) is 5.13 Å². The molecular formula is C22H14BrClN2S. The Kier molecular flexibility index (Phi) is 5.48. The molecule has 2 nitrogen and oxygen atoms in total. The van der Waals surface area contributed by atoms with Gasteiger partial charge in [-0.2, -0.15) is 0 Å². The van der Waals surface area contributed by atoms with Gasteiger partial charge in [0.05, 0.1) is 10.6 Å². The van der Waals surface area contributed by atoms with Crippen molar-refractivity contribution in [2.24, 2.45) is 4.99 Å². The fourth-order valence-corrected chi connectivity index (χ4v) is 3.96. The second kappa shape index (κ2) is 8.17. The lowest BCUT2D eigenvalue weighted by atomic mass is 10.1. The monoisotopic (exact) mass is 452 g/mol. The molecule has 132 valence electrons. The maximum atomic E-state index is 6.05. The predicted octanol–water partition coefficient (Wildman–Crippen LogP) is 7.64. The van der Waals surface area contributed by atoms with Gasteiger partial charge in [0.25, 0.3) is 0 Å². The van der Waals surface area contributed by atoms with Crippen LogP contribution >= 0.6 is 38.9 Å². The van der Waals surface area contributed by atoms with Gasteiger partial charge in [-0.1, -0.05) is 93.5 Å². The first-order valence-corrected chi connectivity index (χ1v) is 10.3. The van der Waals surface area contributed by atoms with E-state index < -0.39 is 0 Å². The molecule has 27 heavy (non-hydrogen) atoms. The molecule has 4 aromatic rings. The third-order valence-electron chi connectivity index (χ3n) is 3.96. The Morgan fingerprint density at radius 3 is 2.26 bits per heavy atom. The third-order valence-corrected chi connectivity index (χ3v) is 5.76. The lowest BCUT2D eigenvalue weighted by Gasteiger charge is -2.02. The first-order valence-electron chi connectivity index (χ1n) is 8.31. The Morgan fingerprint density at radius 2 is 1.56 bits per heavy atom. The highest BCUT2D eigenvalue weighted by Crippen LogP contribution is 2.40. The molecule has 0 saturated heterocycles. The molecule has 0 aliphatic carbocycles. The van der Waals surface area contributed by atoms with Gasteiger partial charge in [0, 0.05) is 21.3 Å². The van der Waals surface area contributed by atoms with Gasteiger partial charge < -0.3 is 0 Å². The summed E-state index contributed by atoms with van der Waals surface area (Å²) in [7, 11) is 0. The Hall–Kier alpha value is -2.27. The van der Waals surface area contributed by atoms with Crippen LogP contribution in [-0.2, 0) is 0 Å². The highest BCUT2D eigenvalue weighted by Gasteiger charge is 2.14. The Balaban J connectivity index is 1.75. The first kappa shape index (κ1) is 18.1. The summed E-state index contributed by atoms with van der Waals surface area (Å²) in [4.78, 5) is 10.5. The van der Waals surface area contributed by atoms with Crippen molar-refractivity contribution >= 4 is 50.2 Å². The minimum atomic E-state index is 0.712. The van der Waals surface area contributed by atoms with Gasteiger partial charge in [-0.05, 0) is 35.4 Å². The number of benzene rings is 3. The minimum Gasteiger partial charge on any atom is -0.227 e. The molecule has 0 atom stereocenters. The van der Waals surface area contributed by atoms with E-state index in [-0.39, 0.29) is 0 Å². The number of nitrogens with zero attached hydrogens (tertiary/aromatic N) is 2. The van der Waals surface area contributed by atoms with Crippen LogP contribution in [0.2, 0.25) is 5.02 Å². The average Bonchev–Trinajstić information content (AvgIpc) is 3.13. The van der Waals surface area contributed by atoms with E-state index in [1.54, 1.807) is 11.3 Å². The Morgan fingerprint density at radius 1 is 0.852 bits per heavy atom. The van der Waals surface area contributed by atoms with Crippen LogP contribution in [0.25, 0.3) is 21.7 Å². The molecular weight excluding hydrogens is 440 g/mol. The van der Waals surface area contributed by atoms with Crippen molar-refractivity contribution < 1.29 is 0 Å². The molecule has 5 heteroatoms. The summed E-state index contributed by atoms with van der Waals surface area (Å²) >= 11 is 11.1. The second-order valence-electron chi connectivity index (χ2n) is 5.86. The molecule has 0 saturated carbocycles. The van der Waals surface area contributed by atoms with Crippen LogP contribution in [0.1, 0.15) is 5.56 Å². The molecule has 0 unspecified atom stereocenters. The highest BCUT2D eigenvalue weighted by atomic mass is 79.9. The van der Waals surface area contributed by atoms with E-state index in [0.29, 0.717) is 5.02 Å². The van der Waals surface area contributed by atoms with E-state index in [9.17, 15) is 0 Å². The first-order chi connectivity index (χ1) is 13.2. The highest BCUT2D eigenvalue weighted by molar-refractivity contribution is 9.10. The predicted molar refractivity (Wildman–Crippen MR) is 119 cm³/mol. The number of thiazole rings is 1. The van der Waals surface area contributed by atoms with E-state index in [4.69, 9.17) is 16.6 Å². The number of halogens is 2. The summed E-state index contributed by atoms with van der Waals surface area (Å²) in [5.74, 6) is 0. The van der Waals surface area contributed by atoms with Crippen LogP contribution < -0.4 is 0 Å². The van der Waals surface area contributed by atoms with E-state index in [1.807, 2.05) is 72.9 Å². The number of aliphatic imine (C=N–C) groups is 1.